The van der Waals surface area contributed by atoms with Crippen molar-refractivity contribution in [1.82, 2.24) is 4.90 Å². The summed E-state index contributed by atoms with van der Waals surface area (Å²) >= 11 is 0. The van der Waals surface area contributed by atoms with E-state index in [1.807, 2.05) is 12.1 Å². The minimum Gasteiger partial charge on any atom is -0.326 e. The zero-order chi connectivity index (χ0) is 14.3. The molecule has 1 aromatic rings. The summed E-state index contributed by atoms with van der Waals surface area (Å²) in [5, 5.41) is 19.8. The molecule has 0 heterocycles. The van der Waals surface area contributed by atoms with E-state index < -0.39 is 5.91 Å². The van der Waals surface area contributed by atoms with Gasteiger partial charge >= 0.3 is 0 Å². The topological polar surface area (TPSA) is 97.0 Å². The molecule has 2 amide bonds. The molecule has 1 aromatic carbocycles. The Balaban J connectivity index is 2.85. The predicted octanol–water partition coefficient (Wildman–Crippen LogP) is 1.13. The molecule has 1 N–H and O–H groups in total. The lowest BCUT2D eigenvalue weighted by molar-refractivity contribution is -0.114. The molecule has 0 aliphatic heterocycles. The monoisotopic (exact) mass is 256 g/mol. The molecule has 0 aromatic heterocycles. The third-order valence-electron chi connectivity index (χ3n) is 2.26. The van der Waals surface area contributed by atoms with Gasteiger partial charge in [0, 0.05) is 18.2 Å². The minimum absolute atomic E-state index is 0.139. The summed E-state index contributed by atoms with van der Waals surface area (Å²) in [4.78, 5) is 24.0. The van der Waals surface area contributed by atoms with Crippen LogP contribution in [0.3, 0.4) is 0 Å². The maximum absolute atomic E-state index is 12.0. The first-order chi connectivity index (χ1) is 9.08. The molecule has 6 heteroatoms. The fraction of sp³-hybridized carbons (Fsp3) is 0.231. The van der Waals surface area contributed by atoms with Crippen LogP contribution >= 0.6 is 0 Å². The second-order valence-corrected chi connectivity index (χ2v) is 3.74. The highest BCUT2D eigenvalue weighted by Gasteiger charge is 2.14. The summed E-state index contributed by atoms with van der Waals surface area (Å²) in [7, 11) is 0. The van der Waals surface area contributed by atoms with E-state index in [-0.39, 0.29) is 19.0 Å². The molecule has 0 spiro atoms. The Morgan fingerprint density at radius 2 is 1.68 bits per heavy atom. The Kier molecular flexibility index (Phi) is 5.06. The Hall–Kier alpha value is -2.86. The van der Waals surface area contributed by atoms with Crippen LogP contribution in [0, 0.1) is 22.7 Å². The third-order valence-corrected chi connectivity index (χ3v) is 2.26. The van der Waals surface area contributed by atoms with Crippen molar-refractivity contribution in [3.63, 3.8) is 0 Å². The molecule has 6 nitrogen and oxygen atoms in total. The van der Waals surface area contributed by atoms with Gasteiger partial charge in [-0.15, -0.1) is 0 Å². The van der Waals surface area contributed by atoms with Gasteiger partial charge in [-0.1, -0.05) is 0 Å². The van der Waals surface area contributed by atoms with Crippen molar-refractivity contribution in [1.29, 1.82) is 10.5 Å². The average Bonchev–Trinajstić information content (AvgIpc) is 2.38. The molecule has 0 saturated heterocycles. The number of amides is 2. The van der Waals surface area contributed by atoms with Crippen LogP contribution in [-0.2, 0) is 4.79 Å². The Morgan fingerprint density at radius 3 is 2.11 bits per heavy atom. The van der Waals surface area contributed by atoms with Gasteiger partial charge in [-0.2, -0.15) is 10.5 Å². The van der Waals surface area contributed by atoms with Gasteiger partial charge in [0.05, 0.1) is 12.1 Å². The van der Waals surface area contributed by atoms with Crippen molar-refractivity contribution in [2.24, 2.45) is 0 Å². The lowest BCUT2D eigenvalue weighted by Crippen LogP contribution is -2.31. The van der Waals surface area contributed by atoms with Gasteiger partial charge in [0.1, 0.15) is 13.1 Å². The number of benzene rings is 1. The zero-order valence-electron chi connectivity index (χ0n) is 10.4. The first-order valence-corrected chi connectivity index (χ1v) is 5.49. The highest BCUT2D eigenvalue weighted by Crippen LogP contribution is 2.11. The Bertz CT molecular complexity index is 535. The van der Waals surface area contributed by atoms with E-state index in [9.17, 15) is 9.59 Å². The molecule has 96 valence electrons. The molecule has 0 radical (unpaired) electrons. The second-order valence-electron chi connectivity index (χ2n) is 3.74. The minimum atomic E-state index is -0.391. The van der Waals surface area contributed by atoms with Crippen LogP contribution in [0.2, 0.25) is 0 Å². The number of hydrogen-bond acceptors (Lipinski definition) is 4. The van der Waals surface area contributed by atoms with Crippen molar-refractivity contribution in [3.8, 4) is 12.1 Å². The van der Waals surface area contributed by atoms with Gasteiger partial charge in [-0.3, -0.25) is 9.59 Å². The normalized spacial score (nSPS) is 9.00. The Labute approximate surface area is 110 Å². The summed E-state index contributed by atoms with van der Waals surface area (Å²) in [6.45, 7) is 1.11. The molecule has 0 aliphatic carbocycles. The number of carbonyl (C=O) groups excluding carboxylic acids is 2. The lowest BCUT2D eigenvalue weighted by atomic mass is 10.1. The molecule has 0 aliphatic rings. The van der Waals surface area contributed by atoms with Gasteiger partial charge in [0.25, 0.3) is 5.91 Å². The van der Waals surface area contributed by atoms with Gasteiger partial charge in [-0.05, 0) is 24.3 Å². The van der Waals surface area contributed by atoms with Crippen molar-refractivity contribution in [2.45, 2.75) is 6.92 Å². The van der Waals surface area contributed by atoms with Crippen LogP contribution < -0.4 is 5.32 Å². The first kappa shape index (κ1) is 14.2. The van der Waals surface area contributed by atoms with E-state index in [2.05, 4.69) is 5.32 Å². The second kappa shape index (κ2) is 6.77. The largest absolute Gasteiger partial charge is 0.326 e. The van der Waals surface area contributed by atoms with E-state index >= 15 is 0 Å². The number of hydrogen-bond donors (Lipinski definition) is 1. The summed E-state index contributed by atoms with van der Waals surface area (Å²) in [6, 6.07) is 9.93. The number of nitrogens with one attached hydrogen (secondary N) is 1. The van der Waals surface area contributed by atoms with Crippen LogP contribution in [-0.4, -0.2) is 29.8 Å². The van der Waals surface area contributed by atoms with Gasteiger partial charge < -0.3 is 10.2 Å². The predicted molar refractivity (Wildman–Crippen MR) is 67.9 cm³/mol. The number of anilines is 1. The summed E-state index contributed by atoms with van der Waals surface area (Å²) in [5.41, 5.74) is 0.941. The summed E-state index contributed by atoms with van der Waals surface area (Å²) in [5.74, 6) is -0.591. The molecule has 19 heavy (non-hydrogen) atoms. The number of nitriles is 2. The third kappa shape index (κ3) is 4.14. The molecular weight excluding hydrogens is 244 g/mol. The standard InChI is InChI=1S/C13H12N4O2/c1-10(18)16-12-4-2-11(3-5-12)13(19)17(8-6-14)9-7-15/h2-5H,8-9H2,1H3,(H,16,18). The van der Waals surface area contributed by atoms with Crippen LogP contribution in [0.25, 0.3) is 0 Å². The number of carbonyl (C=O) groups is 2. The van der Waals surface area contributed by atoms with Crippen LogP contribution in [0.5, 0.6) is 0 Å². The molecular formula is C13H12N4O2. The van der Waals surface area contributed by atoms with Gasteiger partial charge in [-0.25, -0.2) is 0 Å². The maximum atomic E-state index is 12.0. The van der Waals surface area contributed by atoms with E-state index in [0.29, 0.717) is 11.3 Å². The zero-order valence-corrected chi connectivity index (χ0v) is 10.4. The fourth-order valence-electron chi connectivity index (χ4n) is 1.45. The lowest BCUT2D eigenvalue weighted by Gasteiger charge is -2.15. The summed E-state index contributed by atoms with van der Waals surface area (Å²) < 4.78 is 0. The van der Waals surface area contributed by atoms with Gasteiger partial charge in [0.15, 0.2) is 0 Å². The first-order valence-electron chi connectivity index (χ1n) is 5.49. The molecule has 0 saturated carbocycles. The Morgan fingerprint density at radius 1 is 1.16 bits per heavy atom. The van der Waals surface area contributed by atoms with Crippen molar-refractivity contribution in [2.75, 3.05) is 18.4 Å². The summed E-state index contributed by atoms with van der Waals surface area (Å²) in [6.07, 6.45) is 0. The molecule has 0 bridgehead atoms. The van der Waals surface area contributed by atoms with Crippen LogP contribution in [0.1, 0.15) is 17.3 Å². The van der Waals surface area contributed by atoms with Crippen LogP contribution in [0.4, 0.5) is 5.69 Å². The van der Waals surface area contributed by atoms with Crippen molar-refractivity contribution < 1.29 is 9.59 Å². The van der Waals surface area contributed by atoms with E-state index in [1.165, 1.54) is 19.1 Å². The number of rotatable bonds is 4. The quantitative estimate of drug-likeness (QED) is 0.816. The van der Waals surface area contributed by atoms with E-state index in [1.54, 1.807) is 12.1 Å². The smallest absolute Gasteiger partial charge is 0.255 e. The number of nitrogens with zero attached hydrogens (tertiary/aromatic N) is 3. The van der Waals surface area contributed by atoms with E-state index in [4.69, 9.17) is 10.5 Å². The highest BCUT2D eigenvalue weighted by molar-refractivity contribution is 5.95. The van der Waals surface area contributed by atoms with E-state index in [0.717, 1.165) is 4.90 Å². The fourth-order valence-corrected chi connectivity index (χ4v) is 1.45. The molecule has 0 unspecified atom stereocenters. The molecule has 0 fully saturated rings. The van der Waals surface area contributed by atoms with Crippen molar-refractivity contribution >= 4 is 17.5 Å². The maximum Gasteiger partial charge on any atom is 0.255 e. The SMILES string of the molecule is CC(=O)Nc1ccc(C(=O)N(CC#N)CC#N)cc1. The highest BCUT2D eigenvalue weighted by atomic mass is 16.2. The molecule has 0 atom stereocenters. The average molecular weight is 256 g/mol. The molecule has 1 rings (SSSR count). The van der Waals surface area contributed by atoms with Gasteiger partial charge in [0.2, 0.25) is 5.91 Å². The van der Waals surface area contributed by atoms with Crippen molar-refractivity contribution in [3.05, 3.63) is 29.8 Å². The van der Waals surface area contributed by atoms with Crippen LogP contribution in [0.15, 0.2) is 24.3 Å².